The van der Waals surface area contributed by atoms with Gasteiger partial charge in [-0.15, -0.1) is 0 Å². The van der Waals surface area contributed by atoms with Gasteiger partial charge in [0.2, 0.25) is 0 Å². The lowest BCUT2D eigenvalue weighted by Gasteiger charge is -1.83. The Morgan fingerprint density at radius 2 is 1.14 bits per heavy atom. The molecule has 0 aliphatic rings. The van der Waals surface area contributed by atoms with Gasteiger partial charge in [-0.2, -0.15) is 8.42 Å². The molecule has 0 saturated carbocycles. The fourth-order valence-corrected chi connectivity index (χ4v) is 0. The van der Waals surface area contributed by atoms with Gasteiger partial charge in [0.05, 0.1) is 11.4 Å². The van der Waals surface area contributed by atoms with Crippen molar-refractivity contribution in [3.63, 3.8) is 0 Å². The molecule has 0 heterocycles. The molecule has 6 N–H and O–H groups in total. The van der Waals surface area contributed by atoms with Crippen molar-refractivity contribution in [2.45, 2.75) is 0 Å². The van der Waals surface area contributed by atoms with Crippen LogP contribution in [0.5, 0.6) is 0 Å². The van der Waals surface area contributed by atoms with Gasteiger partial charge >= 0.3 is 18.2 Å². The molecule has 0 fully saturated rings. The van der Waals surface area contributed by atoms with Gasteiger partial charge in [-0.1, -0.05) is 0 Å². The highest BCUT2D eigenvalue weighted by Crippen LogP contribution is 2.25. The Kier molecular flexibility index (Phi) is 11.7. The summed E-state index contributed by atoms with van der Waals surface area (Å²) < 4.78 is 64.5. The maximum absolute atomic E-state index is 8.88. The van der Waals surface area contributed by atoms with Crippen LogP contribution < -0.4 is 0 Å². The standard InChI is InChI=1S/H3O4P.H2O4S.H2O3S/c2*1-5(2,3)4;1-4(2)3/h(H3,1,2,3,4);(H2,1,2,3,4);(H2,1,2,3)/p-1. The van der Waals surface area contributed by atoms with E-state index in [4.69, 9.17) is 50.1 Å². The van der Waals surface area contributed by atoms with Crippen molar-refractivity contribution in [3.05, 3.63) is 0 Å². The highest BCUT2D eigenvalue weighted by Gasteiger charge is 2.00. The third-order valence-corrected chi connectivity index (χ3v) is 0. The summed E-state index contributed by atoms with van der Waals surface area (Å²) in [5, 5.41) is 0. The molecular weight excluding hydrogens is 271 g/mol. The number of hydrogen-bond acceptors (Lipinski definition) is 5. The zero-order chi connectivity index (χ0) is 12.6. The molecule has 0 saturated heterocycles. The van der Waals surface area contributed by atoms with E-state index in [1.54, 1.807) is 0 Å². The molecule has 0 aliphatic carbocycles. The summed E-state index contributed by atoms with van der Waals surface area (Å²) in [7, 11) is -9.31. The third-order valence-electron chi connectivity index (χ3n) is 0. The van der Waals surface area contributed by atoms with Gasteiger partial charge in [0.1, 0.15) is 0 Å². The van der Waals surface area contributed by atoms with Crippen LogP contribution in [0.3, 0.4) is 0 Å². The molecule has 14 heavy (non-hydrogen) atoms. The zero-order valence-corrected chi connectivity index (χ0v) is 8.52. The first-order valence-corrected chi connectivity index (χ1v) is 5.99. The first kappa shape index (κ1) is 19.6. The molecular formula is H6O11PS2-. The van der Waals surface area contributed by atoms with E-state index in [0.717, 1.165) is 0 Å². The Morgan fingerprint density at radius 3 is 1.14 bits per heavy atom. The molecule has 90 valence electrons. The predicted octanol–water partition coefficient (Wildman–Crippen LogP) is -2.24. The summed E-state index contributed by atoms with van der Waals surface area (Å²) in [6, 6.07) is 0. The van der Waals surface area contributed by atoms with Crippen molar-refractivity contribution in [1.82, 2.24) is 0 Å². The maximum Gasteiger partial charge on any atom is 0.466 e. The van der Waals surface area contributed by atoms with Gasteiger partial charge in [-0.05, 0) is 0 Å². The summed E-state index contributed by atoms with van der Waals surface area (Å²) in [6.45, 7) is 0. The van der Waals surface area contributed by atoms with Crippen molar-refractivity contribution in [2.75, 3.05) is 0 Å². The minimum atomic E-state index is -4.67. The minimum Gasteiger partial charge on any atom is -0.750 e. The van der Waals surface area contributed by atoms with Crippen LogP contribution in [0.4, 0.5) is 0 Å². The quantitative estimate of drug-likeness (QED) is 0.158. The largest absolute Gasteiger partial charge is 0.750 e. The molecule has 11 nitrogen and oxygen atoms in total. The molecule has 0 spiro atoms. The summed E-state index contributed by atoms with van der Waals surface area (Å²) in [4.78, 5) is 21.6. The van der Waals surface area contributed by atoms with Gasteiger partial charge in [-0.25, -0.2) is 8.77 Å². The molecule has 0 aromatic carbocycles. The van der Waals surface area contributed by atoms with E-state index in [1.165, 1.54) is 0 Å². The van der Waals surface area contributed by atoms with Crippen molar-refractivity contribution in [2.24, 2.45) is 0 Å². The molecule has 0 aliphatic heterocycles. The van der Waals surface area contributed by atoms with Gasteiger partial charge in [0.15, 0.2) is 0 Å². The predicted molar refractivity (Wildman–Crippen MR) is 40.0 cm³/mol. The van der Waals surface area contributed by atoms with Crippen LogP contribution in [0.2, 0.25) is 0 Å². The van der Waals surface area contributed by atoms with Gasteiger partial charge < -0.3 is 23.8 Å². The molecule has 0 radical (unpaired) electrons. The van der Waals surface area contributed by atoms with Crippen LogP contribution in [0.15, 0.2) is 0 Å². The average Bonchev–Trinajstić information content (AvgIpc) is 1.45. The molecule has 1 atom stereocenters. The fourth-order valence-electron chi connectivity index (χ4n) is 0. The number of phosphoric acid groups is 1. The number of rotatable bonds is 0. The van der Waals surface area contributed by atoms with Gasteiger partial charge in [0.25, 0.3) is 0 Å². The van der Waals surface area contributed by atoms with Crippen molar-refractivity contribution in [3.8, 4) is 0 Å². The van der Waals surface area contributed by atoms with E-state index in [9.17, 15) is 0 Å². The Morgan fingerprint density at radius 1 is 1.14 bits per heavy atom. The summed E-state index contributed by atoms with van der Waals surface area (Å²) in [5.74, 6) is 0. The smallest absolute Gasteiger partial charge is 0.466 e. The van der Waals surface area contributed by atoms with Crippen LogP contribution >= 0.6 is 7.82 Å². The Bertz CT molecular complexity index is 258. The lowest BCUT2D eigenvalue weighted by Crippen LogP contribution is -1.89. The third kappa shape index (κ3) is 589000. The molecule has 0 amide bonds. The lowest BCUT2D eigenvalue weighted by molar-refractivity contribution is 0.275. The SMILES string of the molecule is O=P(O)(O)O.O=S(=O)(O)O.O=S([O-])O. The van der Waals surface area contributed by atoms with E-state index in [1.807, 2.05) is 0 Å². The molecule has 0 aromatic heterocycles. The monoisotopic (exact) mass is 277 g/mol. The first-order valence-electron chi connectivity index (χ1n) is 2.00. The van der Waals surface area contributed by atoms with E-state index in [2.05, 4.69) is 0 Å². The summed E-state index contributed by atoms with van der Waals surface area (Å²) in [6.07, 6.45) is 0. The van der Waals surface area contributed by atoms with Crippen molar-refractivity contribution < 1.29 is 50.1 Å². The number of hydrogen-bond donors (Lipinski definition) is 6. The molecule has 0 bridgehead atoms. The van der Waals surface area contributed by atoms with Crippen LogP contribution in [0, 0.1) is 0 Å². The summed E-state index contributed by atoms with van der Waals surface area (Å²) in [5.41, 5.74) is 0. The van der Waals surface area contributed by atoms with Crippen LogP contribution in [-0.4, -0.2) is 45.5 Å². The highest BCUT2D eigenvalue weighted by atomic mass is 32.3. The minimum absolute atomic E-state index is 2.86. The second-order valence-corrected chi connectivity index (χ2v) is 3.53. The van der Waals surface area contributed by atoms with Crippen LogP contribution in [0.25, 0.3) is 0 Å². The van der Waals surface area contributed by atoms with E-state index in [-0.39, 0.29) is 0 Å². The van der Waals surface area contributed by atoms with E-state index >= 15 is 0 Å². The second-order valence-electron chi connectivity index (χ2n) is 1.18. The molecule has 0 rings (SSSR count). The van der Waals surface area contributed by atoms with Gasteiger partial charge in [0, 0.05) is 0 Å². The molecule has 14 heteroatoms. The summed E-state index contributed by atoms with van der Waals surface area (Å²) >= 11 is -2.86. The average molecular weight is 277 g/mol. The van der Waals surface area contributed by atoms with Crippen molar-refractivity contribution in [1.29, 1.82) is 0 Å². The van der Waals surface area contributed by atoms with Crippen LogP contribution in [-0.2, 0) is 26.3 Å². The second kappa shape index (κ2) is 8.37. The Labute approximate surface area is 80.3 Å². The fraction of sp³-hybridized carbons (Fsp3) is 0. The molecule has 1 unspecified atom stereocenters. The Hall–Kier alpha value is 0.0500. The van der Waals surface area contributed by atoms with Crippen LogP contribution in [0.1, 0.15) is 0 Å². The maximum atomic E-state index is 8.88. The topological polar surface area (TPSA) is 213 Å². The van der Waals surface area contributed by atoms with E-state index in [0.29, 0.717) is 0 Å². The zero-order valence-electron chi connectivity index (χ0n) is 5.99. The normalized spacial score (nSPS) is 12.8. The van der Waals surface area contributed by atoms with Gasteiger partial charge in [-0.3, -0.25) is 9.11 Å². The van der Waals surface area contributed by atoms with E-state index < -0.39 is 29.6 Å². The first-order chi connectivity index (χ1) is 5.73. The lowest BCUT2D eigenvalue weighted by atomic mass is 15.8. The highest BCUT2D eigenvalue weighted by molar-refractivity contribution is 7.79. The Balaban J connectivity index is -0.000000131. The van der Waals surface area contributed by atoms with Crippen molar-refractivity contribution >= 4 is 29.6 Å². The molecule has 0 aromatic rings.